The maximum Gasteiger partial charge on any atom is 0.261 e. The van der Waals surface area contributed by atoms with Gasteiger partial charge in [0.25, 0.3) is 5.91 Å². The molecule has 2 aromatic carbocycles. The summed E-state index contributed by atoms with van der Waals surface area (Å²) in [4.78, 5) is 19.7. The van der Waals surface area contributed by atoms with Crippen LogP contribution in [0.4, 0.5) is 0 Å². The largest absolute Gasteiger partial charge is 0.493 e. The number of carbonyl (C=O) groups is 1. The van der Waals surface area contributed by atoms with E-state index in [2.05, 4.69) is 0 Å². The van der Waals surface area contributed by atoms with Gasteiger partial charge in [-0.3, -0.25) is 9.69 Å². The molecule has 168 valence electrons. The zero-order chi connectivity index (χ0) is 22.5. The molecule has 3 aliphatic heterocycles. The zero-order valence-electron chi connectivity index (χ0n) is 18.5. The maximum atomic E-state index is 13.5. The number of rotatable bonds is 3. The molecular weight excluding hydrogens is 410 g/mol. The molecule has 2 spiro atoms. The van der Waals surface area contributed by atoms with E-state index in [1.54, 1.807) is 21.3 Å². The number of aliphatic imine (C=N–C) groups is 1. The Hall–Kier alpha value is -3.26. The molecule has 3 aliphatic rings. The van der Waals surface area contributed by atoms with E-state index in [1.807, 2.05) is 36.4 Å². The first-order valence-electron chi connectivity index (χ1n) is 10.7. The van der Waals surface area contributed by atoms with Crippen LogP contribution in [-0.4, -0.2) is 56.8 Å². The minimum atomic E-state index is -1.13. The summed E-state index contributed by atoms with van der Waals surface area (Å²) in [6.07, 6.45) is 2.07. The molecule has 8 heteroatoms. The molecule has 0 aliphatic carbocycles. The number of benzene rings is 2. The van der Waals surface area contributed by atoms with Crippen LogP contribution in [-0.2, 0) is 15.1 Å². The smallest absolute Gasteiger partial charge is 0.261 e. The van der Waals surface area contributed by atoms with E-state index in [-0.39, 0.29) is 11.9 Å². The van der Waals surface area contributed by atoms with Gasteiger partial charge in [-0.05, 0) is 48.2 Å². The Labute approximate surface area is 186 Å². The number of hydrogen-bond acceptors (Lipinski definition) is 7. The normalized spacial score (nSPS) is 26.7. The third-order valence-corrected chi connectivity index (χ3v) is 6.64. The number of guanidine groups is 1. The highest BCUT2D eigenvalue weighted by atomic mass is 16.5. The summed E-state index contributed by atoms with van der Waals surface area (Å²) in [6, 6.07) is 11.6. The fourth-order valence-corrected chi connectivity index (χ4v) is 5.01. The molecule has 1 fully saturated rings. The average molecular weight is 437 g/mol. The summed E-state index contributed by atoms with van der Waals surface area (Å²) >= 11 is 0. The molecule has 32 heavy (non-hydrogen) atoms. The van der Waals surface area contributed by atoms with Crippen molar-refractivity contribution in [2.75, 3.05) is 34.5 Å². The number of nitrogens with two attached hydrogens (primary N) is 1. The van der Waals surface area contributed by atoms with Gasteiger partial charge in [-0.15, -0.1) is 0 Å². The molecule has 5 rings (SSSR count). The second kappa shape index (κ2) is 7.41. The van der Waals surface area contributed by atoms with E-state index in [9.17, 15) is 4.79 Å². The second-order valence-corrected chi connectivity index (χ2v) is 8.59. The van der Waals surface area contributed by atoms with Gasteiger partial charge in [0.1, 0.15) is 11.4 Å². The van der Waals surface area contributed by atoms with Gasteiger partial charge in [-0.2, -0.15) is 0 Å². The Morgan fingerprint density at radius 1 is 1.09 bits per heavy atom. The number of hydrogen-bond donors (Lipinski definition) is 1. The van der Waals surface area contributed by atoms with Gasteiger partial charge in [0.05, 0.1) is 20.8 Å². The summed E-state index contributed by atoms with van der Waals surface area (Å²) in [5.41, 5.74) is 6.96. The summed E-state index contributed by atoms with van der Waals surface area (Å²) < 4.78 is 23.1. The van der Waals surface area contributed by atoms with Gasteiger partial charge in [0.15, 0.2) is 23.0 Å². The molecular formula is C24H27N3O5. The maximum absolute atomic E-state index is 13.5. The predicted octanol–water partition coefficient (Wildman–Crippen LogP) is 2.68. The molecule has 2 N–H and O–H groups in total. The van der Waals surface area contributed by atoms with Crippen LogP contribution in [0.1, 0.15) is 24.8 Å². The van der Waals surface area contributed by atoms with Crippen molar-refractivity contribution in [2.24, 2.45) is 10.7 Å². The quantitative estimate of drug-likeness (QED) is 0.793. The zero-order valence-corrected chi connectivity index (χ0v) is 18.5. The lowest BCUT2D eigenvalue weighted by Gasteiger charge is -2.46. The highest BCUT2D eigenvalue weighted by Gasteiger charge is 2.58. The van der Waals surface area contributed by atoms with Crippen LogP contribution in [0.3, 0.4) is 0 Å². The molecule has 3 heterocycles. The van der Waals surface area contributed by atoms with Crippen molar-refractivity contribution < 1.29 is 23.7 Å². The summed E-state index contributed by atoms with van der Waals surface area (Å²) in [5.74, 6) is 2.00. The fourth-order valence-electron chi connectivity index (χ4n) is 5.01. The Morgan fingerprint density at radius 3 is 2.50 bits per heavy atom. The molecule has 2 aromatic rings. The molecule has 8 nitrogen and oxygen atoms in total. The van der Waals surface area contributed by atoms with Crippen LogP contribution in [0.15, 0.2) is 41.4 Å². The number of likely N-dealkylation sites (N-methyl/N-ethyl adjacent to an activating group) is 1. The lowest BCUT2D eigenvalue weighted by molar-refractivity contribution is -0.139. The number of amides is 1. The molecule has 0 radical (unpaired) electrons. The minimum absolute atomic E-state index is 0.144. The number of carbonyl (C=O) groups excluding carboxylic acids is 1. The van der Waals surface area contributed by atoms with Crippen molar-refractivity contribution in [1.82, 2.24) is 4.90 Å². The third kappa shape index (κ3) is 3.01. The molecule has 1 amide bonds. The van der Waals surface area contributed by atoms with Crippen LogP contribution < -0.4 is 19.9 Å². The fraction of sp³-hybridized carbons (Fsp3) is 0.417. The van der Waals surface area contributed by atoms with Gasteiger partial charge < -0.3 is 24.7 Å². The molecule has 2 atom stereocenters. The van der Waals surface area contributed by atoms with Crippen molar-refractivity contribution in [3.8, 4) is 28.4 Å². The second-order valence-electron chi connectivity index (χ2n) is 8.59. The van der Waals surface area contributed by atoms with Crippen molar-refractivity contribution in [1.29, 1.82) is 0 Å². The minimum Gasteiger partial charge on any atom is -0.493 e. The van der Waals surface area contributed by atoms with E-state index in [1.165, 1.54) is 4.90 Å². The van der Waals surface area contributed by atoms with Crippen molar-refractivity contribution in [3.63, 3.8) is 0 Å². The van der Waals surface area contributed by atoms with Gasteiger partial charge in [-0.25, -0.2) is 4.99 Å². The van der Waals surface area contributed by atoms with Crippen molar-refractivity contribution in [3.05, 3.63) is 42.0 Å². The Bertz CT molecular complexity index is 1110. The number of nitrogens with zero attached hydrogens (tertiary/aromatic N) is 2. The van der Waals surface area contributed by atoms with E-state index in [0.29, 0.717) is 36.9 Å². The summed E-state index contributed by atoms with van der Waals surface area (Å²) in [7, 11) is 4.87. The molecule has 0 saturated carbocycles. The highest BCUT2D eigenvalue weighted by molar-refractivity contribution is 6.07. The van der Waals surface area contributed by atoms with Crippen LogP contribution in [0.2, 0.25) is 0 Å². The first-order chi connectivity index (χ1) is 15.4. The molecule has 1 saturated heterocycles. The van der Waals surface area contributed by atoms with E-state index >= 15 is 0 Å². The standard InChI is InChI=1S/C24H27N3O5/c1-27-21(28)24(26-22(27)25)13-23(9-4-10-31-14-23)32-18-7-5-15(11-17(18)24)16-6-8-19(29-2)20(12-16)30-3/h5-8,11-12H,4,9-10,13-14H2,1-3H3,(H2,25,26)/t23-,24-/m0/s1. The number of ether oxygens (including phenoxy) is 4. The topological polar surface area (TPSA) is 95.6 Å². The summed E-state index contributed by atoms with van der Waals surface area (Å²) in [5, 5.41) is 0. The third-order valence-electron chi connectivity index (χ3n) is 6.64. The molecule has 0 bridgehead atoms. The Kier molecular flexibility index (Phi) is 4.78. The SMILES string of the molecule is COc1ccc(-c2ccc3c(c2)[C@]2(C[C@]4(CCCOC4)O3)N=C(N)N(C)C2=O)cc1OC. The van der Waals surface area contributed by atoms with Gasteiger partial charge in [-0.1, -0.05) is 12.1 Å². The Morgan fingerprint density at radius 2 is 1.84 bits per heavy atom. The predicted molar refractivity (Wildman–Crippen MR) is 119 cm³/mol. The van der Waals surface area contributed by atoms with E-state index < -0.39 is 11.1 Å². The molecule has 0 aromatic heterocycles. The lowest BCUT2D eigenvalue weighted by Crippen LogP contribution is -2.55. The summed E-state index contributed by atoms with van der Waals surface area (Å²) in [6.45, 7) is 1.13. The van der Waals surface area contributed by atoms with Crippen LogP contribution in [0.5, 0.6) is 17.2 Å². The van der Waals surface area contributed by atoms with Gasteiger partial charge in [0, 0.05) is 25.6 Å². The van der Waals surface area contributed by atoms with Crippen LogP contribution >= 0.6 is 0 Å². The van der Waals surface area contributed by atoms with Crippen LogP contribution in [0, 0.1) is 0 Å². The van der Waals surface area contributed by atoms with Crippen molar-refractivity contribution >= 4 is 11.9 Å². The van der Waals surface area contributed by atoms with Gasteiger partial charge in [0.2, 0.25) is 0 Å². The molecule has 0 unspecified atom stereocenters. The average Bonchev–Trinajstić information content (AvgIpc) is 3.02. The van der Waals surface area contributed by atoms with Crippen molar-refractivity contribution in [2.45, 2.75) is 30.4 Å². The first-order valence-corrected chi connectivity index (χ1v) is 10.7. The van der Waals surface area contributed by atoms with Crippen LogP contribution in [0.25, 0.3) is 11.1 Å². The Balaban J connectivity index is 1.65. The number of fused-ring (bicyclic) bond motifs is 2. The first kappa shape index (κ1) is 20.6. The lowest BCUT2D eigenvalue weighted by atomic mass is 9.74. The number of methoxy groups -OCH3 is 2. The van der Waals surface area contributed by atoms with E-state index in [0.717, 1.165) is 29.5 Å². The highest BCUT2D eigenvalue weighted by Crippen LogP contribution is 2.52. The van der Waals surface area contributed by atoms with Gasteiger partial charge >= 0.3 is 0 Å². The van der Waals surface area contributed by atoms with E-state index in [4.69, 9.17) is 29.7 Å². The monoisotopic (exact) mass is 437 g/mol.